The molecule has 1 aromatic carbocycles. The Labute approximate surface area is 125 Å². The van der Waals surface area contributed by atoms with Gasteiger partial charge in [0.1, 0.15) is 5.78 Å². The number of fused-ring (bicyclic) bond motifs is 2. The molecular weight excluding hydrogens is 262 g/mol. The van der Waals surface area contributed by atoms with Crippen LogP contribution in [0, 0.1) is 30.1 Å². The Morgan fingerprint density at radius 2 is 1.95 bits per heavy atom. The van der Waals surface area contributed by atoms with Gasteiger partial charge in [0.15, 0.2) is 0 Å². The summed E-state index contributed by atoms with van der Waals surface area (Å²) in [6.45, 7) is 0. The van der Waals surface area contributed by atoms with Crippen LogP contribution in [0.1, 0.15) is 37.7 Å². The highest BCUT2D eigenvalue weighted by Gasteiger charge is 2.41. The molecule has 21 heavy (non-hydrogen) atoms. The monoisotopic (exact) mass is 281 g/mol. The van der Waals surface area contributed by atoms with E-state index < -0.39 is 0 Å². The van der Waals surface area contributed by atoms with Crippen molar-refractivity contribution in [2.45, 2.75) is 32.1 Å². The SMILES string of the molecule is C#Cc1cccc(NC(=O)C2CC3CCCC(C2)C3=O)c1. The normalized spacial score (nSPS) is 27.8. The Hall–Kier alpha value is -2.08. The zero-order valence-electron chi connectivity index (χ0n) is 12.0. The Kier molecular flexibility index (Phi) is 3.79. The van der Waals surface area contributed by atoms with Gasteiger partial charge in [0.05, 0.1) is 0 Å². The number of ketones is 1. The Morgan fingerprint density at radius 3 is 2.62 bits per heavy atom. The van der Waals surface area contributed by atoms with E-state index in [-0.39, 0.29) is 23.7 Å². The molecule has 0 aliphatic heterocycles. The summed E-state index contributed by atoms with van der Waals surface area (Å²) in [6.07, 6.45) is 9.80. The number of nitrogens with one attached hydrogen (secondary N) is 1. The summed E-state index contributed by atoms with van der Waals surface area (Å²) in [5.41, 5.74) is 1.49. The van der Waals surface area contributed by atoms with Gasteiger partial charge < -0.3 is 5.32 Å². The standard InChI is InChI=1S/C18H19NO2/c1-2-12-5-3-8-16(9-12)19-18(21)15-10-13-6-4-7-14(11-15)17(13)20/h1,3,5,8-9,13-15H,4,6-7,10-11H2,(H,19,21). The van der Waals surface area contributed by atoms with Crippen molar-refractivity contribution in [3.05, 3.63) is 29.8 Å². The van der Waals surface area contributed by atoms with Crippen molar-refractivity contribution >= 4 is 17.4 Å². The minimum Gasteiger partial charge on any atom is -0.326 e. The third-order valence-corrected chi connectivity index (χ3v) is 4.72. The van der Waals surface area contributed by atoms with Gasteiger partial charge in [0, 0.05) is 29.0 Å². The van der Waals surface area contributed by atoms with Crippen LogP contribution in [0.15, 0.2) is 24.3 Å². The molecule has 2 bridgehead atoms. The summed E-state index contributed by atoms with van der Waals surface area (Å²) in [5, 5.41) is 2.94. The van der Waals surface area contributed by atoms with Crippen molar-refractivity contribution < 1.29 is 9.59 Å². The number of anilines is 1. The van der Waals surface area contributed by atoms with Crippen LogP contribution in [-0.2, 0) is 9.59 Å². The average Bonchev–Trinajstić information content (AvgIpc) is 2.47. The van der Waals surface area contributed by atoms with Crippen LogP contribution in [0.5, 0.6) is 0 Å². The molecule has 1 amide bonds. The van der Waals surface area contributed by atoms with Crippen molar-refractivity contribution in [3.63, 3.8) is 0 Å². The molecule has 2 aliphatic rings. The molecule has 2 atom stereocenters. The van der Waals surface area contributed by atoms with E-state index in [0.29, 0.717) is 18.6 Å². The largest absolute Gasteiger partial charge is 0.326 e. The lowest BCUT2D eigenvalue weighted by Gasteiger charge is -2.36. The molecule has 3 heteroatoms. The van der Waals surface area contributed by atoms with E-state index in [2.05, 4.69) is 11.2 Å². The van der Waals surface area contributed by atoms with Crippen LogP contribution >= 0.6 is 0 Å². The van der Waals surface area contributed by atoms with E-state index >= 15 is 0 Å². The van der Waals surface area contributed by atoms with Gasteiger partial charge in [-0.3, -0.25) is 9.59 Å². The molecule has 0 aromatic heterocycles. The number of Topliss-reactive ketones (excluding diaryl/α,β-unsaturated/α-hetero) is 1. The maximum atomic E-state index is 12.4. The number of benzene rings is 1. The summed E-state index contributed by atoms with van der Waals surface area (Å²) >= 11 is 0. The quantitative estimate of drug-likeness (QED) is 0.847. The van der Waals surface area contributed by atoms with Crippen molar-refractivity contribution in [2.75, 3.05) is 5.32 Å². The fourth-order valence-corrected chi connectivity index (χ4v) is 3.62. The third-order valence-electron chi connectivity index (χ3n) is 4.72. The lowest BCUT2D eigenvalue weighted by molar-refractivity contribution is -0.136. The zero-order chi connectivity index (χ0) is 14.8. The molecule has 1 aromatic rings. The number of amides is 1. The minimum absolute atomic E-state index is 0.0218. The maximum Gasteiger partial charge on any atom is 0.227 e. The minimum atomic E-state index is -0.0486. The second kappa shape index (κ2) is 5.73. The van der Waals surface area contributed by atoms with Gasteiger partial charge in [-0.05, 0) is 43.9 Å². The van der Waals surface area contributed by atoms with Gasteiger partial charge in [-0.2, -0.15) is 0 Å². The van der Waals surface area contributed by atoms with Crippen LogP contribution < -0.4 is 5.32 Å². The number of carbonyl (C=O) groups excluding carboxylic acids is 2. The molecule has 1 N–H and O–H groups in total. The van der Waals surface area contributed by atoms with Crippen LogP contribution in [0.4, 0.5) is 5.69 Å². The van der Waals surface area contributed by atoms with Gasteiger partial charge in [-0.15, -0.1) is 6.42 Å². The third kappa shape index (κ3) is 2.85. The van der Waals surface area contributed by atoms with Gasteiger partial charge >= 0.3 is 0 Å². The number of hydrogen-bond donors (Lipinski definition) is 1. The molecule has 2 saturated carbocycles. The van der Waals surface area contributed by atoms with Gasteiger partial charge in [-0.25, -0.2) is 0 Å². The van der Waals surface area contributed by atoms with Gasteiger partial charge in [-0.1, -0.05) is 18.4 Å². The molecule has 2 unspecified atom stereocenters. The number of hydrogen-bond acceptors (Lipinski definition) is 2. The fourth-order valence-electron chi connectivity index (χ4n) is 3.62. The summed E-state index contributed by atoms with van der Waals surface area (Å²) < 4.78 is 0. The smallest absolute Gasteiger partial charge is 0.227 e. The summed E-state index contributed by atoms with van der Waals surface area (Å²) in [6, 6.07) is 7.31. The number of terminal acetylenes is 1. The second-order valence-corrected chi connectivity index (χ2v) is 6.11. The van der Waals surface area contributed by atoms with E-state index in [1.54, 1.807) is 6.07 Å². The Balaban J connectivity index is 1.68. The fraction of sp³-hybridized carbons (Fsp3) is 0.444. The van der Waals surface area contributed by atoms with Gasteiger partial charge in [0.25, 0.3) is 0 Å². The van der Waals surface area contributed by atoms with E-state index in [1.165, 1.54) is 0 Å². The zero-order valence-corrected chi connectivity index (χ0v) is 12.0. The first-order chi connectivity index (χ1) is 10.2. The van der Waals surface area contributed by atoms with E-state index in [4.69, 9.17) is 6.42 Å². The Morgan fingerprint density at radius 1 is 1.24 bits per heavy atom. The first kappa shape index (κ1) is 13.9. The molecule has 0 spiro atoms. The summed E-state index contributed by atoms with van der Waals surface area (Å²) in [7, 11) is 0. The molecule has 108 valence electrons. The summed E-state index contributed by atoms with van der Waals surface area (Å²) in [4.78, 5) is 24.5. The number of carbonyl (C=O) groups is 2. The molecular formula is C18H19NO2. The molecule has 2 fully saturated rings. The molecule has 3 nitrogen and oxygen atoms in total. The highest BCUT2D eigenvalue weighted by atomic mass is 16.2. The van der Waals surface area contributed by atoms with Crippen LogP contribution in [0.2, 0.25) is 0 Å². The lowest BCUT2D eigenvalue weighted by Crippen LogP contribution is -2.40. The lowest BCUT2D eigenvalue weighted by atomic mass is 9.67. The highest BCUT2D eigenvalue weighted by Crippen LogP contribution is 2.40. The van der Waals surface area contributed by atoms with Crippen molar-refractivity contribution in [3.8, 4) is 12.3 Å². The van der Waals surface area contributed by atoms with Crippen LogP contribution in [-0.4, -0.2) is 11.7 Å². The predicted molar refractivity (Wildman–Crippen MR) is 81.6 cm³/mol. The molecule has 2 aliphatic carbocycles. The topological polar surface area (TPSA) is 46.2 Å². The van der Waals surface area contributed by atoms with E-state index in [9.17, 15) is 9.59 Å². The predicted octanol–water partition coefficient (Wildman–Crippen LogP) is 3.00. The highest BCUT2D eigenvalue weighted by molar-refractivity contribution is 5.95. The van der Waals surface area contributed by atoms with Crippen LogP contribution in [0.3, 0.4) is 0 Å². The molecule has 0 heterocycles. The maximum absolute atomic E-state index is 12.4. The first-order valence-electron chi connectivity index (χ1n) is 7.58. The van der Waals surface area contributed by atoms with E-state index in [0.717, 1.165) is 30.5 Å². The van der Waals surface area contributed by atoms with E-state index in [1.807, 2.05) is 18.2 Å². The second-order valence-electron chi connectivity index (χ2n) is 6.11. The molecule has 0 saturated heterocycles. The number of rotatable bonds is 2. The van der Waals surface area contributed by atoms with Crippen LogP contribution in [0.25, 0.3) is 0 Å². The van der Waals surface area contributed by atoms with Crippen molar-refractivity contribution in [2.24, 2.45) is 17.8 Å². The van der Waals surface area contributed by atoms with Gasteiger partial charge in [0.2, 0.25) is 5.91 Å². The Bertz CT molecular complexity index is 598. The molecule has 0 radical (unpaired) electrons. The summed E-state index contributed by atoms with van der Waals surface area (Å²) in [5.74, 6) is 3.13. The van der Waals surface area contributed by atoms with Crippen molar-refractivity contribution in [1.82, 2.24) is 0 Å². The van der Waals surface area contributed by atoms with Crippen molar-refractivity contribution in [1.29, 1.82) is 0 Å². The average molecular weight is 281 g/mol. The first-order valence-corrected chi connectivity index (χ1v) is 7.58. The molecule has 3 rings (SSSR count).